The number of ether oxygens (including phenoxy) is 1. The molecule has 2 rings (SSSR count). The van der Waals surface area contributed by atoms with Gasteiger partial charge in [-0.15, -0.1) is 0 Å². The summed E-state index contributed by atoms with van der Waals surface area (Å²) in [4.78, 5) is 27.4. The SMILES string of the molecule is CCCCNC(=O)[C@H](C)N(Cc1cccc(Br)c1)C(=O)COc1cc(C)c(Br)c(C)c1. The minimum atomic E-state index is -0.611. The van der Waals surface area contributed by atoms with Crippen molar-refractivity contribution in [3.05, 3.63) is 62.0 Å². The van der Waals surface area contributed by atoms with Gasteiger partial charge in [-0.25, -0.2) is 0 Å². The van der Waals surface area contributed by atoms with Crippen LogP contribution in [0.1, 0.15) is 43.4 Å². The standard InChI is InChI=1S/C24H30Br2N2O3/c1-5-6-10-27-24(30)18(4)28(14-19-8-7-9-20(25)13-19)22(29)15-31-21-11-16(2)23(26)17(3)12-21/h7-9,11-13,18H,5-6,10,14-15H2,1-4H3,(H,27,30)/t18-/m0/s1. The van der Waals surface area contributed by atoms with Gasteiger partial charge in [0.05, 0.1) is 0 Å². The lowest BCUT2D eigenvalue weighted by molar-refractivity contribution is -0.142. The first kappa shape index (κ1) is 25.4. The number of nitrogens with zero attached hydrogens (tertiary/aromatic N) is 1. The molecule has 2 aromatic carbocycles. The lowest BCUT2D eigenvalue weighted by Gasteiger charge is -2.29. The Hall–Kier alpha value is -1.86. The molecule has 0 aromatic heterocycles. The summed E-state index contributed by atoms with van der Waals surface area (Å²) in [7, 11) is 0. The Balaban J connectivity index is 2.15. The highest BCUT2D eigenvalue weighted by Gasteiger charge is 2.26. The van der Waals surface area contributed by atoms with Crippen LogP contribution in [0.15, 0.2) is 45.3 Å². The van der Waals surface area contributed by atoms with Crippen molar-refractivity contribution in [3.8, 4) is 5.75 Å². The van der Waals surface area contributed by atoms with E-state index < -0.39 is 6.04 Å². The zero-order chi connectivity index (χ0) is 23.0. The number of halogens is 2. The minimum Gasteiger partial charge on any atom is -0.484 e. The van der Waals surface area contributed by atoms with E-state index in [4.69, 9.17) is 4.74 Å². The Morgan fingerprint density at radius 3 is 2.42 bits per heavy atom. The second-order valence-corrected chi connectivity index (χ2v) is 9.34. The van der Waals surface area contributed by atoms with Gasteiger partial charge < -0.3 is 15.0 Å². The average Bonchev–Trinajstić information content (AvgIpc) is 2.73. The molecule has 0 saturated carbocycles. The van der Waals surface area contributed by atoms with Crippen molar-refractivity contribution >= 4 is 43.7 Å². The summed E-state index contributed by atoms with van der Waals surface area (Å²) in [6.45, 7) is 8.57. The molecule has 0 aliphatic rings. The van der Waals surface area contributed by atoms with Crippen LogP contribution in [0.3, 0.4) is 0 Å². The maximum Gasteiger partial charge on any atom is 0.261 e. The van der Waals surface area contributed by atoms with Crippen LogP contribution in [0.25, 0.3) is 0 Å². The zero-order valence-electron chi connectivity index (χ0n) is 18.5. The fourth-order valence-corrected chi connectivity index (χ4v) is 3.84. The largest absolute Gasteiger partial charge is 0.484 e. The van der Waals surface area contributed by atoms with Gasteiger partial charge in [0.25, 0.3) is 5.91 Å². The summed E-state index contributed by atoms with van der Waals surface area (Å²) in [5.74, 6) is 0.234. The summed E-state index contributed by atoms with van der Waals surface area (Å²) >= 11 is 7.01. The highest BCUT2D eigenvalue weighted by molar-refractivity contribution is 9.10. The Morgan fingerprint density at radius 2 is 1.81 bits per heavy atom. The van der Waals surface area contributed by atoms with E-state index in [-0.39, 0.29) is 18.4 Å². The van der Waals surface area contributed by atoms with Gasteiger partial charge in [-0.05, 0) is 68.1 Å². The van der Waals surface area contributed by atoms with E-state index in [1.54, 1.807) is 11.8 Å². The van der Waals surface area contributed by atoms with Gasteiger partial charge in [-0.3, -0.25) is 9.59 Å². The Labute approximate surface area is 201 Å². The smallest absolute Gasteiger partial charge is 0.261 e. The molecular weight excluding hydrogens is 524 g/mol. The van der Waals surface area contributed by atoms with Gasteiger partial charge in [-0.1, -0.05) is 57.3 Å². The summed E-state index contributed by atoms with van der Waals surface area (Å²) in [5, 5.41) is 2.92. The molecule has 0 aliphatic heterocycles. The number of unbranched alkanes of at least 4 members (excludes halogenated alkanes) is 1. The molecule has 0 radical (unpaired) electrons. The van der Waals surface area contributed by atoms with Crippen LogP contribution >= 0.6 is 31.9 Å². The summed E-state index contributed by atoms with van der Waals surface area (Å²) in [6.07, 6.45) is 1.90. The number of hydrogen-bond donors (Lipinski definition) is 1. The lowest BCUT2D eigenvalue weighted by atomic mass is 10.1. The molecule has 0 bridgehead atoms. The van der Waals surface area contributed by atoms with Crippen LogP contribution in [0.2, 0.25) is 0 Å². The van der Waals surface area contributed by atoms with Crippen LogP contribution in [0.5, 0.6) is 5.75 Å². The van der Waals surface area contributed by atoms with Gasteiger partial charge in [-0.2, -0.15) is 0 Å². The number of benzene rings is 2. The maximum atomic E-state index is 13.1. The van der Waals surface area contributed by atoms with Crippen molar-refractivity contribution in [1.29, 1.82) is 0 Å². The molecule has 5 nitrogen and oxygen atoms in total. The zero-order valence-corrected chi connectivity index (χ0v) is 21.7. The number of carbonyl (C=O) groups is 2. The molecule has 0 unspecified atom stereocenters. The monoisotopic (exact) mass is 552 g/mol. The minimum absolute atomic E-state index is 0.138. The molecule has 1 N–H and O–H groups in total. The summed E-state index contributed by atoms with van der Waals surface area (Å²) < 4.78 is 7.76. The van der Waals surface area contributed by atoms with Crippen molar-refractivity contribution in [2.45, 2.75) is 53.1 Å². The predicted molar refractivity (Wildman–Crippen MR) is 131 cm³/mol. The molecule has 0 heterocycles. The maximum absolute atomic E-state index is 13.1. The van der Waals surface area contributed by atoms with Crippen molar-refractivity contribution in [1.82, 2.24) is 10.2 Å². The highest BCUT2D eigenvalue weighted by Crippen LogP contribution is 2.26. The first-order chi connectivity index (χ1) is 14.7. The number of rotatable bonds is 10. The summed E-state index contributed by atoms with van der Waals surface area (Å²) in [6, 6.07) is 10.9. The normalized spacial score (nSPS) is 11.7. The van der Waals surface area contributed by atoms with Gasteiger partial charge in [0, 0.05) is 22.0 Å². The van der Waals surface area contributed by atoms with E-state index in [9.17, 15) is 9.59 Å². The van der Waals surface area contributed by atoms with Crippen LogP contribution in [0, 0.1) is 13.8 Å². The molecule has 168 valence electrons. The van der Waals surface area contributed by atoms with Crippen LogP contribution in [-0.4, -0.2) is 35.9 Å². The van der Waals surface area contributed by atoms with Gasteiger partial charge in [0.2, 0.25) is 5.91 Å². The third-order valence-electron chi connectivity index (χ3n) is 5.01. The van der Waals surface area contributed by atoms with Gasteiger partial charge >= 0.3 is 0 Å². The molecular formula is C24H30Br2N2O3. The van der Waals surface area contributed by atoms with Gasteiger partial charge in [0.15, 0.2) is 6.61 Å². The Bertz CT molecular complexity index is 894. The van der Waals surface area contributed by atoms with Gasteiger partial charge in [0.1, 0.15) is 11.8 Å². The van der Waals surface area contributed by atoms with E-state index >= 15 is 0 Å². The molecule has 2 amide bonds. The number of aryl methyl sites for hydroxylation is 2. The predicted octanol–water partition coefficient (Wildman–Crippen LogP) is 5.54. The van der Waals surface area contributed by atoms with Crippen LogP contribution < -0.4 is 10.1 Å². The first-order valence-corrected chi connectivity index (χ1v) is 12.0. The second-order valence-electron chi connectivity index (χ2n) is 7.63. The number of carbonyl (C=O) groups excluding carboxylic acids is 2. The van der Waals surface area contributed by atoms with Crippen molar-refractivity contribution in [2.24, 2.45) is 0 Å². The molecule has 31 heavy (non-hydrogen) atoms. The third-order valence-corrected chi connectivity index (χ3v) is 6.76. The summed E-state index contributed by atoms with van der Waals surface area (Å²) in [5.41, 5.74) is 3.01. The number of amides is 2. The first-order valence-electron chi connectivity index (χ1n) is 10.4. The van der Waals surface area contributed by atoms with E-state index in [0.29, 0.717) is 18.8 Å². The fourth-order valence-electron chi connectivity index (χ4n) is 3.17. The van der Waals surface area contributed by atoms with Crippen molar-refractivity contribution in [3.63, 3.8) is 0 Å². The highest BCUT2D eigenvalue weighted by atomic mass is 79.9. The molecule has 0 aliphatic carbocycles. The van der Waals surface area contributed by atoms with Crippen molar-refractivity contribution in [2.75, 3.05) is 13.2 Å². The molecule has 0 spiro atoms. The third kappa shape index (κ3) is 7.65. The van der Waals surface area contributed by atoms with E-state index in [2.05, 4.69) is 44.1 Å². The number of hydrogen-bond acceptors (Lipinski definition) is 3. The van der Waals surface area contributed by atoms with Crippen molar-refractivity contribution < 1.29 is 14.3 Å². The number of nitrogens with one attached hydrogen (secondary N) is 1. The fraction of sp³-hybridized carbons (Fsp3) is 0.417. The van der Waals surface area contributed by atoms with E-state index in [0.717, 1.165) is 38.5 Å². The van der Waals surface area contributed by atoms with E-state index in [1.165, 1.54) is 0 Å². The molecule has 7 heteroatoms. The Kier molecular flexibility index (Phi) is 10.0. The van der Waals surface area contributed by atoms with E-state index in [1.807, 2.05) is 50.2 Å². The lowest BCUT2D eigenvalue weighted by Crippen LogP contribution is -2.49. The Morgan fingerprint density at radius 1 is 1.13 bits per heavy atom. The quantitative estimate of drug-likeness (QED) is 0.393. The molecule has 1 atom stereocenters. The second kappa shape index (κ2) is 12.2. The molecule has 0 fully saturated rings. The average molecular weight is 554 g/mol. The molecule has 0 saturated heterocycles. The van der Waals surface area contributed by atoms with Crippen LogP contribution in [-0.2, 0) is 16.1 Å². The molecule has 2 aromatic rings. The topological polar surface area (TPSA) is 58.6 Å². The van der Waals surface area contributed by atoms with Crippen LogP contribution in [0.4, 0.5) is 0 Å².